The minimum absolute atomic E-state index is 0.0858. The summed E-state index contributed by atoms with van der Waals surface area (Å²) < 4.78 is 41.1. The number of carbonyl (C=O) groups is 1. The molecule has 0 spiro atoms. The fourth-order valence-corrected chi connectivity index (χ4v) is 5.91. The molecule has 0 amide bonds. The van der Waals surface area contributed by atoms with Gasteiger partial charge in [0.1, 0.15) is 24.1 Å². The molecule has 5 N–H and O–H groups in total. The molecule has 198 valence electrons. The van der Waals surface area contributed by atoms with Crippen molar-refractivity contribution in [1.82, 2.24) is 9.97 Å². The Morgan fingerprint density at radius 1 is 1.30 bits per heavy atom. The predicted molar refractivity (Wildman–Crippen MR) is 135 cm³/mol. The molecule has 2 heterocycles. The summed E-state index contributed by atoms with van der Waals surface area (Å²) in [5.74, 6) is -1.48. The number of hydrogen-bond acceptors (Lipinski definition) is 10. The molecule has 1 aromatic carbocycles. The van der Waals surface area contributed by atoms with E-state index < -0.39 is 40.0 Å². The molecular formula is C22H21Cl2FN4O6S2. The summed E-state index contributed by atoms with van der Waals surface area (Å²) in [6, 6.07) is 4.77. The standard InChI is InChI=1S/C22H21Cl2FN4O6S2/c23-11-1-2-16(25)13(4-11)19(31)14-6-18(36-21(14)24)20(32)15-7-27-9-28-22(15)29-12-3-10(17(30)5-12)8-35-37(26,33)34/h1-2,4,6-7,9-10,12,17,19,30-31H,3,5,8H2,(H2,26,33,34)(H,27,28,29)/t10-,12-,17+,19+/m1/s1. The van der Waals surface area contributed by atoms with Crippen LogP contribution in [0.3, 0.4) is 0 Å². The van der Waals surface area contributed by atoms with Gasteiger partial charge in [-0.25, -0.2) is 19.5 Å². The first-order valence-corrected chi connectivity index (χ1v) is 13.9. The molecule has 0 aliphatic heterocycles. The van der Waals surface area contributed by atoms with Crippen molar-refractivity contribution in [2.24, 2.45) is 11.1 Å². The number of rotatable bonds is 9. The van der Waals surface area contributed by atoms with Crippen LogP contribution in [0.4, 0.5) is 10.2 Å². The minimum atomic E-state index is -4.14. The quantitative estimate of drug-likeness (QED) is 0.274. The van der Waals surface area contributed by atoms with E-state index in [9.17, 15) is 27.8 Å². The van der Waals surface area contributed by atoms with Gasteiger partial charge in [0.2, 0.25) is 5.78 Å². The van der Waals surface area contributed by atoms with Gasteiger partial charge in [0, 0.05) is 34.3 Å². The number of carbonyl (C=O) groups excluding carboxylic acids is 1. The summed E-state index contributed by atoms with van der Waals surface area (Å²) in [6.07, 6.45) is 0.830. The molecule has 0 radical (unpaired) electrons. The molecule has 1 aliphatic carbocycles. The number of aromatic nitrogens is 2. The van der Waals surface area contributed by atoms with E-state index in [4.69, 9.17) is 28.3 Å². The molecule has 1 fully saturated rings. The van der Waals surface area contributed by atoms with Gasteiger partial charge in [-0.15, -0.1) is 11.3 Å². The number of ketones is 1. The number of aliphatic hydroxyl groups is 2. The van der Waals surface area contributed by atoms with E-state index in [-0.39, 0.29) is 55.8 Å². The second-order valence-electron chi connectivity index (χ2n) is 8.44. The number of hydrogen-bond donors (Lipinski definition) is 4. The van der Waals surface area contributed by atoms with Gasteiger partial charge in [-0.2, -0.15) is 8.42 Å². The van der Waals surface area contributed by atoms with Gasteiger partial charge in [-0.1, -0.05) is 23.2 Å². The van der Waals surface area contributed by atoms with E-state index in [1.807, 2.05) is 0 Å². The lowest BCUT2D eigenvalue weighted by Gasteiger charge is -2.15. The molecule has 10 nitrogen and oxygen atoms in total. The Balaban J connectivity index is 1.53. The molecule has 1 saturated carbocycles. The Morgan fingerprint density at radius 2 is 2.05 bits per heavy atom. The molecule has 3 aromatic rings. The minimum Gasteiger partial charge on any atom is -0.393 e. The average Bonchev–Trinajstić information content (AvgIpc) is 3.40. The zero-order valence-corrected chi connectivity index (χ0v) is 22.0. The van der Waals surface area contributed by atoms with Crippen LogP contribution in [0.25, 0.3) is 0 Å². The van der Waals surface area contributed by atoms with E-state index in [0.717, 1.165) is 17.4 Å². The zero-order chi connectivity index (χ0) is 26.9. The Kier molecular flexibility index (Phi) is 8.45. The normalized spacial score (nSPS) is 20.6. The highest BCUT2D eigenvalue weighted by Gasteiger charge is 2.35. The van der Waals surface area contributed by atoms with Crippen LogP contribution in [0.15, 0.2) is 36.8 Å². The van der Waals surface area contributed by atoms with Crippen molar-refractivity contribution < 1.29 is 32.0 Å². The summed E-state index contributed by atoms with van der Waals surface area (Å²) in [5, 5.41) is 29.2. The fourth-order valence-electron chi connectivity index (χ4n) is 4.09. The van der Waals surface area contributed by atoms with Gasteiger partial charge in [0.15, 0.2) is 0 Å². The third-order valence-corrected chi connectivity index (χ3v) is 7.97. The second kappa shape index (κ2) is 11.3. The van der Waals surface area contributed by atoms with Crippen LogP contribution in [0.5, 0.6) is 0 Å². The molecule has 0 saturated heterocycles. The number of anilines is 1. The summed E-state index contributed by atoms with van der Waals surface area (Å²) >= 11 is 13.1. The number of nitrogens with two attached hydrogens (primary N) is 1. The smallest absolute Gasteiger partial charge is 0.333 e. The van der Waals surface area contributed by atoms with Crippen LogP contribution in [-0.4, -0.2) is 53.1 Å². The van der Waals surface area contributed by atoms with E-state index in [1.165, 1.54) is 30.7 Å². The van der Waals surface area contributed by atoms with Crippen molar-refractivity contribution >= 4 is 56.4 Å². The Hall–Kier alpha value is -2.23. The van der Waals surface area contributed by atoms with Crippen molar-refractivity contribution in [3.8, 4) is 0 Å². The lowest BCUT2D eigenvalue weighted by molar-refractivity contribution is 0.101. The van der Waals surface area contributed by atoms with Gasteiger partial charge < -0.3 is 15.5 Å². The first-order chi connectivity index (χ1) is 17.4. The van der Waals surface area contributed by atoms with Crippen molar-refractivity contribution in [2.75, 3.05) is 11.9 Å². The highest BCUT2D eigenvalue weighted by atomic mass is 35.5. The largest absolute Gasteiger partial charge is 0.393 e. The van der Waals surface area contributed by atoms with E-state index in [1.54, 1.807) is 0 Å². The number of aliphatic hydroxyl groups excluding tert-OH is 2. The molecule has 0 unspecified atom stereocenters. The third kappa shape index (κ3) is 6.62. The van der Waals surface area contributed by atoms with E-state index >= 15 is 0 Å². The molecule has 1 aliphatic rings. The SMILES string of the molecule is NS(=O)(=O)OC[C@H]1C[C@@H](Nc2ncncc2C(=O)c2cc([C@@H](O)c3cc(Cl)ccc3F)c(Cl)s2)C[C@@H]1O. The maximum absolute atomic E-state index is 14.3. The number of thiophene rings is 1. The van der Waals surface area contributed by atoms with Crippen LogP contribution < -0.4 is 10.5 Å². The average molecular weight is 591 g/mol. The van der Waals surface area contributed by atoms with Gasteiger partial charge >= 0.3 is 10.3 Å². The van der Waals surface area contributed by atoms with Crippen LogP contribution >= 0.6 is 34.5 Å². The van der Waals surface area contributed by atoms with Crippen molar-refractivity contribution in [3.63, 3.8) is 0 Å². The number of nitrogens with one attached hydrogen (secondary N) is 1. The Labute approximate surface area is 225 Å². The van der Waals surface area contributed by atoms with Gasteiger partial charge in [0.25, 0.3) is 0 Å². The Morgan fingerprint density at radius 3 is 2.78 bits per heavy atom. The lowest BCUT2D eigenvalue weighted by atomic mass is 10.0. The molecule has 0 bridgehead atoms. The number of nitrogens with zero attached hydrogens (tertiary/aromatic N) is 2. The molecular weight excluding hydrogens is 570 g/mol. The van der Waals surface area contributed by atoms with Gasteiger partial charge in [-0.3, -0.25) is 8.98 Å². The summed E-state index contributed by atoms with van der Waals surface area (Å²) in [6.45, 7) is -0.278. The van der Waals surface area contributed by atoms with E-state index in [0.29, 0.717) is 6.42 Å². The number of halogens is 3. The molecule has 37 heavy (non-hydrogen) atoms. The fraction of sp³-hybridized carbons (Fsp3) is 0.318. The zero-order valence-electron chi connectivity index (χ0n) is 18.8. The van der Waals surface area contributed by atoms with Crippen LogP contribution in [0.2, 0.25) is 9.36 Å². The highest BCUT2D eigenvalue weighted by molar-refractivity contribution is 7.84. The topological polar surface area (TPSA) is 165 Å². The number of benzene rings is 1. The Bertz CT molecular complexity index is 1420. The van der Waals surface area contributed by atoms with Crippen LogP contribution in [0, 0.1) is 11.7 Å². The van der Waals surface area contributed by atoms with Crippen LogP contribution in [0.1, 0.15) is 45.3 Å². The first kappa shape index (κ1) is 27.8. The maximum atomic E-state index is 14.3. The van der Waals surface area contributed by atoms with Gasteiger partial charge in [0.05, 0.1) is 27.5 Å². The van der Waals surface area contributed by atoms with Crippen molar-refractivity contribution in [2.45, 2.75) is 31.1 Å². The lowest BCUT2D eigenvalue weighted by Crippen LogP contribution is -2.24. The monoisotopic (exact) mass is 590 g/mol. The summed E-state index contributed by atoms with van der Waals surface area (Å²) in [7, 11) is -4.14. The van der Waals surface area contributed by atoms with Crippen LogP contribution in [-0.2, 0) is 14.5 Å². The van der Waals surface area contributed by atoms with Crippen molar-refractivity contribution in [1.29, 1.82) is 0 Å². The molecule has 2 aromatic heterocycles. The summed E-state index contributed by atoms with van der Waals surface area (Å²) in [5.41, 5.74) is 0.158. The molecule has 4 atom stereocenters. The third-order valence-electron chi connectivity index (χ3n) is 5.89. The first-order valence-electron chi connectivity index (χ1n) is 10.8. The van der Waals surface area contributed by atoms with E-state index in [2.05, 4.69) is 19.5 Å². The molecule has 4 rings (SSSR count). The molecule has 15 heteroatoms. The summed E-state index contributed by atoms with van der Waals surface area (Å²) in [4.78, 5) is 21.6. The van der Waals surface area contributed by atoms with Gasteiger partial charge in [-0.05, 0) is 37.1 Å². The predicted octanol–water partition coefficient (Wildman–Crippen LogP) is 3.07. The maximum Gasteiger partial charge on any atom is 0.333 e. The van der Waals surface area contributed by atoms with Crippen molar-refractivity contribution in [3.05, 3.63) is 73.5 Å². The highest BCUT2D eigenvalue weighted by Crippen LogP contribution is 2.38. The second-order valence-corrected chi connectivity index (χ2v) is 11.8.